The second kappa shape index (κ2) is 5.17. The molecule has 5 heteroatoms. The molecule has 2 heterocycles. The number of rotatable bonds is 5. The standard InChI is InChI=1S/C14H17N3OS/c1-10(18)15-5-6-17-14(11-2-3-11)8-13(16-17)12-4-7-19-9-12/h4,7-9,11H,2-3,5-6H2,1H3,(H,15,18). The highest BCUT2D eigenvalue weighted by atomic mass is 32.1. The van der Waals surface area contributed by atoms with Crippen LogP contribution in [0, 0.1) is 0 Å². The Kier molecular flexibility index (Phi) is 3.38. The predicted molar refractivity (Wildman–Crippen MR) is 76.2 cm³/mol. The molecule has 0 aromatic carbocycles. The SMILES string of the molecule is CC(=O)NCCn1nc(-c2ccsc2)cc1C1CC1. The summed E-state index contributed by atoms with van der Waals surface area (Å²) in [5, 5.41) is 11.7. The van der Waals surface area contributed by atoms with E-state index in [1.807, 2.05) is 0 Å². The average Bonchev–Trinajstić information content (AvgIpc) is 2.91. The summed E-state index contributed by atoms with van der Waals surface area (Å²) in [6.45, 7) is 2.93. The number of nitrogens with zero attached hydrogens (tertiary/aromatic N) is 2. The highest BCUT2D eigenvalue weighted by Gasteiger charge is 2.28. The molecular weight excluding hydrogens is 258 g/mol. The molecule has 2 aromatic heterocycles. The van der Waals surface area contributed by atoms with Gasteiger partial charge < -0.3 is 5.32 Å². The number of carbonyl (C=O) groups excluding carboxylic acids is 1. The van der Waals surface area contributed by atoms with E-state index in [0.717, 1.165) is 12.2 Å². The highest BCUT2D eigenvalue weighted by Crippen LogP contribution is 2.41. The van der Waals surface area contributed by atoms with Crippen molar-refractivity contribution in [3.8, 4) is 11.3 Å². The Morgan fingerprint density at radius 1 is 1.58 bits per heavy atom. The van der Waals surface area contributed by atoms with Crippen molar-refractivity contribution in [1.82, 2.24) is 15.1 Å². The van der Waals surface area contributed by atoms with Gasteiger partial charge in [0.25, 0.3) is 0 Å². The second-order valence-corrected chi connectivity index (χ2v) is 5.73. The number of hydrogen-bond acceptors (Lipinski definition) is 3. The van der Waals surface area contributed by atoms with Crippen LogP contribution in [0.15, 0.2) is 22.9 Å². The van der Waals surface area contributed by atoms with Crippen LogP contribution >= 0.6 is 11.3 Å². The lowest BCUT2D eigenvalue weighted by atomic mass is 10.2. The van der Waals surface area contributed by atoms with Gasteiger partial charge in [0.15, 0.2) is 0 Å². The van der Waals surface area contributed by atoms with Crippen molar-refractivity contribution in [2.45, 2.75) is 32.2 Å². The van der Waals surface area contributed by atoms with Crippen LogP contribution < -0.4 is 5.32 Å². The third-order valence-corrected chi connectivity index (χ3v) is 4.00. The molecular formula is C14H17N3OS. The fourth-order valence-corrected chi connectivity index (χ4v) is 2.86. The summed E-state index contributed by atoms with van der Waals surface area (Å²) in [5.74, 6) is 0.676. The maximum Gasteiger partial charge on any atom is 0.216 e. The quantitative estimate of drug-likeness (QED) is 0.912. The van der Waals surface area contributed by atoms with Gasteiger partial charge >= 0.3 is 0 Å². The van der Waals surface area contributed by atoms with Crippen LogP contribution in [0.25, 0.3) is 11.3 Å². The molecule has 0 radical (unpaired) electrons. The Morgan fingerprint density at radius 2 is 2.42 bits per heavy atom. The van der Waals surface area contributed by atoms with Gasteiger partial charge in [-0.25, -0.2) is 0 Å². The molecule has 3 rings (SSSR count). The Balaban J connectivity index is 1.79. The molecule has 0 atom stereocenters. The zero-order valence-corrected chi connectivity index (χ0v) is 11.7. The minimum atomic E-state index is 0.0122. The van der Waals surface area contributed by atoms with Crippen LogP contribution in [0.2, 0.25) is 0 Å². The van der Waals surface area contributed by atoms with Crippen molar-refractivity contribution in [3.63, 3.8) is 0 Å². The van der Waals surface area contributed by atoms with Crippen LogP contribution in [0.4, 0.5) is 0 Å². The Morgan fingerprint density at radius 3 is 3.05 bits per heavy atom. The first-order valence-electron chi connectivity index (χ1n) is 6.59. The van der Waals surface area contributed by atoms with E-state index in [0.29, 0.717) is 12.5 Å². The third-order valence-electron chi connectivity index (χ3n) is 3.32. The van der Waals surface area contributed by atoms with Crippen LogP contribution in [0.1, 0.15) is 31.4 Å². The molecule has 0 unspecified atom stereocenters. The molecule has 19 heavy (non-hydrogen) atoms. The average molecular weight is 275 g/mol. The zero-order chi connectivity index (χ0) is 13.2. The summed E-state index contributed by atoms with van der Waals surface area (Å²) in [6.07, 6.45) is 2.52. The van der Waals surface area contributed by atoms with Gasteiger partial charge in [0.05, 0.1) is 12.2 Å². The van der Waals surface area contributed by atoms with Gasteiger partial charge in [-0.05, 0) is 30.4 Å². The summed E-state index contributed by atoms with van der Waals surface area (Å²) in [5.41, 5.74) is 3.54. The summed E-state index contributed by atoms with van der Waals surface area (Å²) in [6, 6.07) is 4.30. The first-order chi connectivity index (χ1) is 9.24. The van der Waals surface area contributed by atoms with E-state index in [1.54, 1.807) is 18.3 Å². The number of thiophene rings is 1. The minimum Gasteiger partial charge on any atom is -0.354 e. The summed E-state index contributed by atoms with van der Waals surface area (Å²) in [4.78, 5) is 10.9. The highest BCUT2D eigenvalue weighted by molar-refractivity contribution is 7.08. The lowest BCUT2D eigenvalue weighted by molar-refractivity contribution is -0.118. The van der Waals surface area contributed by atoms with Crippen LogP contribution in [0.5, 0.6) is 0 Å². The molecule has 2 aromatic rings. The number of carbonyl (C=O) groups is 1. The maximum absolute atomic E-state index is 10.9. The molecule has 1 N–H and O–H groups in total. The lowest BCUT2D eigenvalue weighted by Gasteiger charge is -2.06. The minimum absolute atomic E-state index is 0.0122. The smallest absolute Gasteiger partial charge is 0.216 e. The van der Waals surface area contributed by atoms with Gasteiger partial charge in [-0.1, -0.05) is 0 Å². The van der Waals surface area contributed by atoms with Crippen LogP contribution in [0.3, 0.4) is 0 Å². The fourth-order valence-electron chi connectivity index (χ4n) is 2.21. The molecule has 1 fully saturated rings. The first-order valence-corrected chi connectivity index (χ1v) is 7.53. The van der Waals surface area contributed by atoms with Crippen molar-refractivity contribution in [1.29, 1.82) is 0 Å². The number of hydrogen-bond donors (Lipinski definition) is 1. The van der Waals surface area contributed by atoms with Gasteiger partial charge in [0.2, 0.25) is 5.91 Å². The number of amides is 1. The molecule has 100 valence electrons. The normalized spacial score (nSPS) is 14.6. The van der Waals surface area contributed by atoms with E-state index in [1.165, 1.54) is 24.1 Å². The topological polar surface area (TPSA) is 46.9 Å². The first kappa shape index (κ1) is 12.4. The van der Waals surface area contributed by atoms with Crippen molar-refractivity contribution < 1.29 is 4.79 Å². The van der Waals surface area contributed by atoms with Gasteiger partial charge in [-0.3, -0.25) is 9.48 Å². The van der Waals surface area contributed by atoms with E-state index >= 15 is 0 Å². The zero-order valence-electron chi connectivity index (χ0n) is 10.9. The maximum atomic E-state index is 10.9. The molecule has 0 bridgehead atoms. The van der Waals surface area contributed by atoms with Crippen LogP contribution in [-0.2, 0) is 11.3 Å². The summed E-state index contributed by atoms with van der Waals surface area (Å²) >= 11 is 1.69. The van der Waals surface area contributed by atoms with Gasteiger partial charge in [0.1, 0.15) is 0 Å². The molecule has 0 aliphatic heterocycles. The van der Waals surface area contributed by atoms with E-state index in [-0.39, 0.29) is 5.91 Å². The summed E-state index contributed by atoms with van der Waals surface area (Å²) < 4.78 is 2.06. The van der Waals surface area contributed by atoms with E-state index < -0.39 is 0 Å². The Labute approximate surface area is 116 Å². The molecule has 0 saturated heterocycles. The van der Waals surface area contributed by atoms with Gasteiger partial charge in [-0.15, -0.1) is 0 Å². The molecule has 1 saturated carbocycles. The third kappa shape index (κ3) is 2.87. The molecule has 4 nitrogen and oxygen atoms in total. The van der Waals surface area contributed by atoms with E-state index in [2.05, 4.69) is 38.0 Å². The largest absolute Gasteiger partial charge is 0.354 e. The second-order valence-electron chi connectivity index (χ2n) is 4.95. The van der Waals surface area contributed by atoms with Crippen molar-refractivity contribution >= 4 is 17.2 Å². The Hall–Kier alpha value is -1.62. The predicted octanol–water partition coefficient (Wildman–Crippen LogP) is 2.63. The lowest BCUT2D eigenvalue weighted by Crippen LogP contribution is -2.25. The Bertz CT molecular complexity index is 570. The molecule has 0 spiro atoms. The van der Waals surface area contributed by atoms with E-state index in [4.69, 9.17) is 0 Å². The van der Waals surface area contributed by atoms with Gasteiger partial charge in [-0.2, -0.15) is 16.4 Å². The van der Waals surface area contributed by atoms with Crippen molar-refractivity contribution in [2.24, 2.45) is 0 Å². The molecule has 1 aliphatic carbocycles. The summed E-state index contributed by atoms with van der Waals surface area (Å²) in [7, 11) is 0. The monoisotopic (exact) mass is 275 g/mol. The molecule has 1 aliphatic rings. The number of aromatic nitrogens is 2. The number of nitrogens with one attached hydrogen (secondary N) is 1. The van der Waals surface area contributed by atoms with Crippen molar-refractivity contribution in [3.05, 3.63) is 28.6 Å². The fraction of sp³-hybridized carbons (Fsp3) is 0.429. The molecule has 1 amide bonds. The van der Waals surface area contributed by atoms with Gasteiger partial charge in [0, 0.05) is 36.0 Å². The van der Waals surface area contributed by atoms with E-state index in [9.17, 15) is 4.79 Å². The van der Waals surface area contributed by atoms with Crippen molar-refractivity contribution in [2.75, 3.05) is 6.54 Å². The van der Waals surface area contributed by atoms with Crippen LogP contribution in [-0.4, -0.2) is 22.2 Å².